The SMILES string of the molecule is CC(C)(C)OC(=O)N1CC2(CC[C@@H](N3CCC(c4ccccc4CC4CCOCC4)CC3)C2)C1. The average molecular weight is 469 g/mol. The van der Waals surface area contributed by atoms with Crippen molar-refractivity contribution in [1.82, 2.24) is 9.80 Å². The van der Waals surface area contributed by atoms with Crippen molar-refractivity contribution in [2.75, 3.05) is 39.4 Å². The molecule has 5 rings (SSSR count). The molecule has 0 unspecified atom stereocenters. The molecule has 1 atom stereocenters. The van der Waals surface area contributed by atoms with Crippen LogP contribution in [-0.4, -0.2) is 66.9 Å². The van der Waals surface area contributed by atoms with Crippen LogP contribution in [0.3, 0.4) is 0 Å². The van der Waals surface area contributed by atoms with Gasteiger partial charge >= 0.3 is 6.09 Å². The summed E-state index contributed by atoms with van der Waals surface area (Å²) in [5.74, 6) is 1.49. The first kappa shape index (κ1) is 24.1. The minimum atomic E-state index is -0.411. The monoisotopic (exact) mass is 468 g/mol. The number of likely N-dealkylation sites (tertiary alicyclic amines) is 2. The molecule has 1 aromatic carbocycles. The molecule has 1 spiro atoms. The molecule has 3 saturated heterocycles. The lowest BCUT2D eigenvalue weighted by atomic mass is 9.78. The molecule has 0 aromatic heterocycles. The second-order valence-corrected chi connectivity index (χ2v) is 12.5. The van der Waals surface area contributed by atoms with Gasteiger partial charge in [-0.2, -0.15) is 0 Å². The summed E-state index contributed by atoms with van der Waals surface area (Å²) in [6, 6.07) is 9.94. The number of carbonyl (C=O) groups excluding carboxylic acids is 1. The van der Waals surface area contributed by atoms with Crippen molar-refractivity contribution in [2.45, 2.75) is 89.7 Å². The molecule has 34 heavy (non-hydrogen) atoms. The first-order chi connectivity index (χ1) is 16.3. The van der Waals surface area contributed by atoms with E-state index in [0.717, 1.165) is 32.2 Å². The Morgan fingerprint density at radius 3 is 2.47 bits per heavy atom. The van der Waals surface area contributed by atoms with Gasteiger partial charge in [-0.15, -0.1) is 0 Å². The van der Waals surface area contributed by atoms with E-state index >= 15 is 0 Å². The van der Waals surface area contributed by atoms with E-state index in [2.05, 4.69) is 29.2 Å². The Morgan fingerprint density at radius 2 is 1.76 bits per heavy atom. The number of rotatable bonds is 4. The van der Waals surface area contributed by atoms with Gasteiger partial charge < -0.3 is 19.3 Å². The highest BCUT2D eigenvalue weighted by molar-refractivity contribution is 5.69. The van der Waals surface area contributed by atoms with Crippen LogP contribution in [0.5, 0.6) is 0 Å². The van der Waals surface area contributed by atoms with E-state index in [1.807, 2.05) is 25.7 Å². The maximum atomic E-state index is 12.4. The normalized spacial score (nSPS) is 26.6. The Kier molecular flexibility index (Phi) is 6.96. The molecule has 3 heterocycles. The fourth-order valence-corrected chi connectivity index (χ4v) is 6.95. The number of piperidine rings is 1. The molecular weight excluding hydrogens is 424 g/mol. The quantitative estimate of drug-likeness (QED) is 0.575. The third kappa shape index (κ3) is 5.46. The van der Waals surface area contributed by atoms with E-state index in [-0.39, 0.29) is 6.09 Å². The van der Waals surface area contributed by atoms with E-state index in [9.17, 15) is 4.79 Å². The first-order valence-corrected chi connectivity index (χ1v) is 13.7. The average Bonchev–Trinajstić information content (AvgIpc) is 3.24. The fourth-order valence-electron chi connectivity index (χ4n) is 6.95. The molecule has 1 saturated carbocycles. The van der Waals surface area contributed by atoms with E-state index < -0.39 is 5.60 Å². The second-order valence-electron chi connectivity index (χ2n) is 12.5. The Bertz CT molecular complexity index is 843. The molecule has 188 valence electrons. The number of amides is 1. The molecule has 0 N–H and O–H groups in total. The highest BCUT2D eigenvalue weighted by Gasteiger charge is 2.51. The maximum Gasteiger partial charge on any atom is 0.410 e. The zero-order chi connectivity index (χ0) is 23.8. The molecule has 4 aliphatic rings. The summed E-state index contributed by atoms with van der Waals surface area (Å²) in [4.78, 5) is 17.1. The predicted molar refractivity (Wildman–Crippen MR) is 135 cm³/mol. The minimum absolute atomic E-state index is 0.137. The fraction of sp³-hybridized carbons (Fsp3) is 0.759. The van der Waals surface area contributed by atoms with Crippen molar-refractivity contribution >= 4 is 6.09 Å². The van der Waals surface area contributed by atoms with Gasteiger partial charge in [0.25, 0.3) is 0 Å². The van der Waals surface area contributed by atoms with Gasteiger partial charge in [-0.1, -0.05) is 24.3 Å². The summed E-state index contributed by atoms with van der Waals surface area (Å²) in [6.45, 7) is 11.9. The Balaban J connectivity index is 1.11. The highest BCUT2D eigenvalue weighted by atomic mass is 16.6. The number of ether oxygens (including phenoxy) is 2. The van der Waals surface area contributed by atoms with Crippen molar-refractivity contribution in [1.29, 1.82) is 0 Å². The molecule has 5 nitrogen and oxygen atoms in total. The molecule has 0 bridgehead atoms. The van der Waals surface area contributed by atoms with Gasteiger partial charge in [0.05, 0.1) is 0 Å². The smallest absolute Gasteiger partial charge is 0.410 e. The van der Waals surface area contributed by atoms with Crippen molar-refractivity contribution in [3.8, 4) is 0 Å². The van der Waals surface area contributed by atoms with Crippen molar-refractivity contribution in [3.63, 3.8) is 0 Å². The number of carbonyl (C=O) groups is 1. The predicted octanol–water partition coefficient (Wildman–Crippen LogP) is 5.62. The van der Waals surface area contributed by atoms with Crippen LogP contribution in [0.4, 0.5) is 4.79 Å². The van der Waals surface area contributed by atoms with Crippen LogP contribution < -0.4 is 0 Å². The molecular formula is C29H44N2O3. The van der Waals surface area contributed by atoms with Crippen LogP contribution in [0, 0.1) is 11.3 Å². The standard InChI is InChI=1S/C29H44N2O3/c1-28(2,3)34-27(32)31-20-29(21-31)13-8-25(19-29)30-14-9-23(10-15-30)26-7-5-4-6-24(26)18-22-11-16-33-17-12-22/h4-7,22-23,25H,8-21H2,1-3H3/t25-/m1/s1. The summed E-state index contributed by atoms with van der Waals surface area (Å²) in [5.41, 5.74) is 3.13. The molecule has 3 aliphatic heterocycles. The van der Waals surface area contributed by atoms with Crippen molar-refractivity contribution in [3.05, 3.63) is 35.4 Å². The Hall–Kier alpha value is -1.59. The minimum Gasteiger partial charge on any atom is -0.444 e. The lowest BCUT2D eigenvalue weighted by Crippen LogP contribution is -2.58. The topological polar surface area (TPSA) is 42.0 Å². The highest BCUT2D eigenvalue weighted by Crippen LogP contribution is 2.48. The Labute approximate surface area is 206 Å². The summed E-state index contributed by atoms with van der Waals surface area (Å²) < 4.78 is 11.1. The van der Waals surface area contributed by atoms with Gasteiger partial charge in [-0.25, -0.2) is 4.79 Å². The van der Waals surface area contributed by atoms with Gasteiger partial charge in [0.1, 0.15) is 5.60 Å². The molecule has 1 amide bonds. The van der Waals surface area contributed by atoms with Gasteiger partial charge in [0.2, 0.25) is 0 Å². The number of hydrogen-bond acceptors (Lipinski definition) is 4. The van der Waals surface area contributed by atoms with Gasteiger partial charge in [0, 0.05) is 37.8 Å². The lowest BCUT2D eigenvalue weighted by Gasteiger charge is -2.48. The summed E-state index contributed by atoms with van der Waals surface area (Å²) in [7, 11) is 0. The van der Waals surface area contributed by atoms with E-state index in [4.69, 9.17) is 9.47 Å². The third-order valence-electron chi connectivity index (χ3n) is 8.77. The molecule has 1 aliphatic carbocycles. The second kappa shape index (κ2) is 9.81. The maximum absolute atomic E-state index is 12.4. The number of hydrogen-bond donors (Lipinski definition) is 0. The molecule has 1 aromatic rings. The van der Waals surface area contributed by atoms with Gasteiger partial charge in [-0.3, -0.25) is 0 Å². The van der Waals surface area contributed by atoms with Crippen LogP contribution >= 0.6 is 0 Å². The summed E-state index contributed by atoms with van der Waals surface area (Å²) in [6.07, 6.45) is 9.84. The van der Waals surface area contributed by atoms with Crippen LogP contribution in [0.25, 0.3) is 0 Å². The van der Waals surface area contributed by atoms with Gasteiger partial charge in [-0.05, 0) is 108 Å². The van der Waals surface area contributed by atoms with E-state index in [1.54, 1.807) is 11.1 Å². The summed E-state index contributed by atoms with van der Waals surface area (Å²) >= 11 is 0. The van der Waals surface area contributed by atoms with Crippen LogP contribution in [0.1, 0.15) is 82.8 Å². The van der Waals surface area contributed by atoms with Crippen molar-refractivity contribution in [2.24, 2.45) is 11.3 Å². The van der Waals surface area contributed by atoms with Crippen molar-refractivity contribution < 1.29 is 14.3 Å². The number of benzene rings is 1. The van der Waals surface area contributed by atoms with Gasteiger partial charge in [0.15, 0.2) is 0 Å². The van der Waals surface area contributed by atoms with Crippen LogP contribution in [0.15, 0.2) is 24.3 Å². The zero-order valence-electron chi connectivity index (χ0n) is 21.6. The largest absolute Gasteiger partial charge is 0.444 e. The van der Waals surface area contributed by atoms with E-state index in [0.29, 0.717) is 17.4 Å². The Morgan fingerprint density at radius 1 is 1.06 bits per heavy atom. The van der Waals surface area contributed by atoms with Crippen LogP contribution in [0.2, 0.25) is 0 Å². The summed E-state index contributed by atoms with van der Waals surface area (Å²) in [5, 5.41) is 0. The third-order valence-corrected chi connectivity index (χ3v) is 8.77. The molecule has 5 heteroatoms. The first-order valence-electron chi connectivity index (χ1n) is 13.7. The van der Waals surface area contributed by atoms with Crippen LogP contribution in [-0.2, 0) is 15.9 Å². The molecule has 4 fully saturated rings. The zero-order valence-corrected chi connectivity index (χ0v) is 21.6. The molecule has 0 radical (unpaired) electrons. The van der Waals surface area contributed by atoms with E-state index in [1.165, 1.54) is 64.5 Å². The lowest BCUT2D eigenvalue weighted by molar-refractivity contribution is -0.0347. The number of nitrogens with zero attached hydrogens (tertiary/aromatic N) is 2.